The molecule has 0 aliphatic carbocycles. The zero-order chi connectivity index (χ0) is 12.5. The molecule has 0 spiro atoms. The van der Waals surface area contributed by atoms with Crippen LogP contribution in [0.5, 0.6) is 5.75 Å². The number of hydrogen-bond acceptors (Lipinski definition) is 2. The van der Waals surface area contributed by atoms with E-state index in [4.69, 9.17) is 4.74 Å². The van der Waals surface area contributed by atoms with Gasteiger partial charge in [-0.2, -0.15) is 0 Å². The van der Waals surface area contributed by atoms with E-state index < -0.39 is 0 Å². The van der Waals surface area contributed by atoms with Crippen LogP contribution in [0.4, 0.5) is 0 Å². The molecule has 1 aromatic heterocycles. The normalized spacial score (nSPS) is 18.4. The molecular weight excluding hydrogens is 224 g/mol. The van der Waals surface area contributed by atoms with Gasteiger partial charge in [0, 0.05) is 24.0 Å². The monoisotopic (exact) mass is 242 g/mol. The third-order valence-corrected chi connectivity index (χ3v) is 3.67. The molecule has 0 radical (unpaired) electrons. The Bertz CT molecular complexity index is 559. The highest BCUT2D eigenvalue weighted by Gasteiger charge is 2.19. The molecule has 0 amide bonds. The molecule has 1 atom stereocenters. The summed E-state index contributed by atoms with van der Waals surface area (Å²) in [6.07, 6.45) is 4.39. The lowest BCUT2D eigenvalue weighted by Gasteiger charge is -2.21. The van der Waals surface area contributed by atoms with E-state index in [2.05, 4.69) is 22.5 Å². The largest absolute Gasteiger partial charge is 0.497 e. The van der Waals surface area contributed by atoms with Gasteiger partial charge >= 0.3 is 0 Å². The summed E-state index contributed by atoms with van der Waals surface area (Å²) in [5.41, 5.74) is 2.49. The molecule has 1 aromatic carbocycles. The maximum atomic E-state index is 5.28. The number of rotatable bonds is 2. The molecule has 1 aliphatic rings. The van der Waals surface area contributed by atoms with Crippen molar-refractivity contribution in [3.05, 3.63) is 36.2 Å². The Hall–Kier alpha value is -1.77. The maximum absolute atomic E-state index is 5.28. The minimum absolute atomic E-state index is 0.771. The molecule has 1 aliphatic heterocycles. The van der Waals surface area contributed by atoms with E-state index >= 15 is 0 Å². The maximum Gasteiger partial charge on any atom is 0.140 e. The van der Waals surface area contributed by atoms with Crippen molar-refractivity contribution in [3.8, 4) is 17.1 Å². The molecule has 18 heavy (non-hydrogen) atoms. The van der Waals surface area contributed by atoms with Gasteiger partial charge in [0.1, 0.15) is 11.6 Å². The molecular formula is C15H18N2O. The number of nitrogens with zero attached hydrogens (tertiary/aromatic N) is 2. The van der Waals surface area contributed by atoms with E-state index in [0.717, 1.165) is 36.0 Å². The number of methoxy groups -OCH3 is 1. The van der Waals surface area contributed by atoms with Crippen molar-refractivity contribution in [1.29, 1.82) is 0 Å². The Balaban J connectivity index is 2.02. The number of aromatic nitrogens is 2. The van der Waals surface area contributed by atoms with E-state index in [1.807, 2.05) is 24.4 Å². The summed E-state index contributed by atoms with van der Waals surface area (Å²) in [5, 5.41) is 0. The molecule has 3 heteroatoms. The van der Waals surface area contributed by atoms with E-state index in [1.54, 1.807) is 7.11 Å². The van der Waals surface area contributed by atoms with E-state index in [0.29, 0.717) is 0 Å². The van der Waals surface area contributed by atoms with Crippen molar-refractivity contribution in [2.75, 3.05) is 7.11 Å². The van der Waals surface area contributed by atoms with Crippen molar-refractivity contribution in [1.82, 2.24) is 9.55 Å². The van der Waals surface area contributed by atoms with Crippen LogP contribution in [0.15, 0.2) is 30.5 Å². The fourth-order valence-electron chi connectivity index (χ4n) is 2.62. The summed E-state index contributed by atoms with van der Waals surface area (Å²) in [6, 6.07) is 8.12. The highest BCUT2D eigenvalue weighted by atomic mass is 16.5. The van der Waals surface area contributed by atoms with Gasteiger partial charge in [-0.25, -0.2) is 4.98 Å². The summed E-state index contributed by atoms with van der Waals surface area (Å²) in [5.74, 6) is 2.72. The molecule has 0 saturated carbocycles. The Morgan fingerprint density at radius 1 is 1.39 bits per heavy atom. The van der Waals surface area contributed by atoms with Crippen LogP contribution >= 0.6 is 0 Å². The number of fused-ring (bicyclic) bond motifs is 1. The summed E-state index contributed by atoms with van der Waals surface area (Å²) in [4.78, 5) is 4.59. The van der Waals surface area contributed by atoms with Crippen molar-refractivity contribution in [3.63, 3.8) is 0 Å². The minimum atomic E-state index is 0.771. The fourth-order valence-corrected chi connectivity index (χ4v) is 2.62. The van der Waals surface area contributed by atoms with Crippen LogP contribution < -0.4 is 4.74 Å². The first-order valence-electron chi connectivity index (χ1n) is 6.47. The second kappa shape index (κ2) is 4.48. The highest BCUT2D eigenvalue weighted by molar-refractivity contribution is 5.58. The third kappa shape index (κ3) is 1.90. The number of imidazole rings is 1. The Morgan fingerprint density at radius 2 is 2.28 bits per heavy atom. The van der Waals surface area contributed by atoms with Crippen LogP contribution in [0.1, 0.15) is 19.0 Å². The second-order valence-electron chi connectivity index (χ2n) is 5.05. The summed E-state index contributed by atoms with van der Waals surface area (Å²) in [6.45, 7) is 3.38. The predicted molar refractivity (Wildman–Crippen MR) is 71.7 cm³/mol. The van der Waals surface area contributed by atoms with Gasteiger partial charge in [-0.15, -0.1) is 0 Å². The fraction of sp³-hybridized carbons (Fsp3) is 0.400. The lowest BCUT2D eigenvalue weighted by molar-refractivity contribution is 0.414. The summed E-state index contributed by atoms with van der Waals surface area (Å²) in [7, 11) is 1.70. The molecule has 0 bridgehead atoms. The number of benzene rings is 1. The third-order valence-electron chi connectivity index (χ3n) is 3.67. The lowest BCUT2D eigenvalue weighted by Crippen LogP contribution is -2.17. The van der Waals surface area contributed by atoms with Crippen molar-refractivity contribution in [2.45, 2.75) is 26.3 Å². The van der Waals surface area contributed by atoms with Gasteiger partial charge in [-0.1, -0.05) is 19.1 Å². The van der Waals surface area contributed by atoms with Crippen molar-refractivity contribution >= 4 is 0 Å². The SMILES string of the molecule is COc1cccc(-c2ncc3n2CCC(C)C3)c1. The van der Waals surface area contributed by atoms with Gasteiger partial charge < -0.3 is 9.30 Å². The van der Waals surface area contributed by atoms with E-state index in [1.165, 1.54) is 12.1 Å². The lowest BCUT2D eigenvalue weighted by atomic mass is 9.98. The summed E-state index contributed by atoms with van der Waals surface area (Å²) < 4.78 is 7.62. The summed E-state index contributed by atoms with van der Waals surface area (Å²) >= 11 is 0. The first kappa shape index (κ1) is 11.3. The average molecular weight is 242 g/mol. The van der Waals surface area contributed by atoms with Crippen LogP contribution in [-0.2, 0) is 13.0 Å². The highest BCUT2D eigenvalue weighted by Crippen LogP contribution is 2.28. The first-order chi connectivity index (χ1) is 8.78. The average Bonchev–Trinajstić information content (AvgIpc) is 2.81. The topological polar surface area (TPSA) is 27.1 Å². The number of ether oxygens (including phenoxy) is 1. The van der Waals surface area contributed by atoms with Gasteiger partial charge in [0.2, 0.25) is 0 Å². The standard InChI is InChI=1S/C15H18N2O/c1-11-6-7-17-13(8-11)10-16-15(17)12-4-3-5-14(9-12)18-2/h3-5,9-11H,6-8H2,1-2H3. The molecule has 3 rings (SSSR count). The van der Waals surface area contributed by atoms with Crippen LogP contribution in [0.25, 0.3) is 11.4 Å². The molecule has 94 valence electrons. The second-order valence-corrected chi connectivity index (χ2v) is 5.05. The van der Waals surface area contributed by atoms with Gasteiger partial charge in [0.15, 0.2) is 0 Å². The smallest absolute Gasteiger partial charge is 0.140 e. The van der Waals surface area contributed by atoms with Crippen molar-refractivity contribution < 1.29 is 4.74 Å². The molecule has 2 heterocycles. The molecule has 1 unspecified atom stereocenters. The van der Waals surface area contributed by atoms with Crippen LogP contribution in [0, 0.1) is 5.92 Å². The van der Waals surface area contributed by atoms with Gasteiger partial charge in [0.25, 0.3) is 0 Å². The number of hydrogen-bond donors (Lipinski definition) is 0. The van der Waals surface area contributed by atoms with Gasteiger partial charge in [0.05, 0.1) is 7.11 Å². The van der Waals surface area contributed by atoms with Crippen LogP contribution in [0.3, 0.4) is 0 Å². The minimum Gasteiger partial charge on any atom is -0.497 e. The predicted octanol–water partition coefficient (Wildman–Crippen LogP) is 3.14. The van der Waals surface area contributed by atoms with Crippen LogP contribution in [0.2, 0.25) is 0 Å². The zero-order valence-electron chi connectivity index (χ0n) is 10.9. The Labute approximate surface area is 107 Å². The van der Waals surface area contributed by atoms with Gasteiger partial charge in [-0.3, -0.25) is 0 Å². The molecule has 0 saturated heterocycles. The van der Waals surface area contributed by atoms with Gasteiger partial charge in [-0.05, 0) is 30.9 Å². The van der Waals surface area contributed by atoms with Crippen molar-refractivity contribution in [2.24, 2.45) is 5.92 Å². The molecule has 2 aromatic rings. The molecule has 0 N–H and O–H groups in total. The Morgan fingerprint density at radius 3 is 3.11 bits per heavy atom. The van der Waals surface area contributed by atoms with E-state index in [-0.39, 0.29) is 0 Å². The first-order valence-corrected chi connectivity index (χ1v) is 6.47. The zero-order valence-corrected chi connectivity index (χ0v) is 10.9. The van der Waals surface area contributed by atoms with Crippen LogP contribution in [-0.4, -0.2) is 16.7 Å². The van der Waals surface area contributed by atoms with E-state index in [9.17, 15) is 0 Å². The quantitative estimate of drug-likeness (QED) is 0.809. The molecule has 3 nitrogen and oxygen atoms in total. The Kier molecular flexibility index (Phi) is 2.82. The molecule has 0 fully saturated rings.